The van der Waals surface area contributed by atoms with Gasteiger partial charge >= 0.3 is 0 Å². The maximum absolute atomic E-state index is 12.5. The summed E-state index contributed by atoms with van der Waals surface area (Å²) in [4.78, 5) is 54.9. The number of nitro groups is 2. The van der Waals surface area contributed by atoms with Gasteiger partial charge in [-0.2, -0.15) is 0 Å². The first-order chi connectivity index (χ1) is 19.2. The monoisotopic (exact) mass is 612 g/mol. The standard InChI is InChI=1S/C24H16N6O6S4/c31-21(11-37-24-28-17-8-6-14(29(33)34)10-20(17)40-24)25-13-5-7-16-19(9-13)39-23(27-16)38-12-22(32)26-15-3-1-2-4-18(15)30(35)36/h1-10H,11-12H2,(H,25,31)(H,26,32). The molecule has 0 aliphatic rings. The second-order valence-corrected chi connectivity index (χ2v) is 12.5. The summed E-state index contributed by atoms with van der Waals surface area (Å²) >= 11 is 5.11. The number of nitrogens with one attached hydrogen (secondary N) is 2. The lowest BCUT2D eigenvalue weighted by Crippen LogP contribution is -2.15. The predicted molar refractivity (Wildman–Crippen MR) is 158 cm³/mol. The van der Waals surface area contributed by atoms with Crippen LogP contribution < -0.4 is 10.6 Å². The van der Waals surface area contributed by atoms with Crippen molar-refractivity contribution in [3.05, 3.63) is 80.9 Å². The fourth-order valence-corrected chi connectivity index (χ4v) is 7.30. The molecule has 0 radical (unpaired) electrons. The first kappa shape index (κ1) is 27.4. The molecule has 0 spiro atoms. The molecule has 2 heterocycles. The fraction of sp³-hybridized carbons (Fsp3) is 0.0833. The van der Waals surface area contributed by atoms with Crippen LogP contribution in [0.3, 0.4) is 0 Å². The molecule has 0 saturated carbocycles. The molecule has 0 unspecified atom stereocenters. The van der Waals surface area contributed by atoms with E-state index in [1.54, 1.807) is 30.3 Å². The van der Waals surface area contributed by atoms with E-state index in [9.17, 15) is 29.8 Å². The molecule has 202 valence electrons. The molecule has 3 aromatic carbocycles. The summed E-state index contributed by atoms with van der Waals surface area (Å²) in [6.45, 7) is 0. The third-order valence-electron chi connectivity index (χ3n) is 5.24. The van der Waals surface area contributed by atoms with Gasteiger partial charge in [-0.05, 0) is 30.3 Å². The average molecular weight is 613 g/mol. The van der Waals surface area contributed by atoms with Gasteiger partial charge in [-0.15, -0.1) is 22.7 Å². The lowest BCUT2D eigenvalue weighted by atomic mass is 10.2. The molecular formula is C24H16N6O6S4. The maximum Gasteiger partial charge on any atom is 0.292 e. The molecule has 0 bridgehead atoms. The molecule has 0 saturated heterocycles. The van der Waals surface area contributed by atoms with Gasteiger partial charge < -0.3 is 10.6 Å². The Morgan fingerprint density at radius 2 is 1.38 bits per heavy atom. The summed E-state index contributed by atoms with van der Waals surface area (Å²) in [6.07, 6.45) is 0. The van der Waals surface area contributed by atoms with E-state index in [0.29, 0.717) is 30.1 Å². The molecule has 2 aromatic heterocycles. The number of thioether (sulfide) groups is 2. The summed E-state index contributed by atoms with van der Waals surface area (Å²) in [7, 11) is 0. The van der Waals surface area contributed by atoms with E-state index in [2.05, 4.69) is 20.6 Å². The van der Waals surface area contributed by atoms with Crippen LogP contribution >= 0.6 is 46.2 Å². The number of benzene rings is 3. The molecule has 0 aliphatic heterocycles. The van der Waals surface area contributed by atoms with Gasteiger partial charge in [-0.25, -0.2) is 9.97 Å². The summed E-state index contributed by atoms with van der Waals surface area (Å²) in [5.74, 6) is -0.500. The van der Waals surface area contributed by atoms with Crippen LogP contribution in [0, 0.1) is 20.2 Å². The number of fused-ring (bicyclic) bond motifs is 2. The number of nitrogens with zero attached hydrogens (tertiary/aromatic N) is 4. The zero-order chi connectivity index (χ0) is 28.2. The van der Waals surface area contributed by atoms with Crippen molar-refractivity contribution in [2.75, 3.05) is 22.1 Å². The van der Waals surface area contributed by atoms with Crippen molar-refractivity contribution in [3.63, 3.8) is 0 Å². The van der Waals surface area contributed by atoms with E-state index < -0.39 is 15.8 Å². The third-order valence-corrected chi connectivity index (χ3v) is 9.57. The molecule has 0 atom stereocenters. The fourth-order valence-electron chi connectivity index (χ4n) is 3.49. The molecular weight excluding hydrogens is 597 g/mol. The lowest BCUT2D eigenvalue weighted by molar-refractivity contribution is -0.384. The summed E-state index contributed by atoms with van der Waals surface area (Å²) < 4.78 is 2.78. The number of amides is 2. The number of aromatic nitrogens is 2. The minimum atomic E-state index is -0.554. The quantitative estimate of drug-likeness (QED) is 0.105. The number of nitro benzene ring substituents is 2. The Kier molecular flexibility index (Phi) is 8.20. The van der Waals surface area contributed by atoms with Crippen LogP contribution in [0.4, 0.5) is 22.7 Å². The van der Waals surface area contributed by atoms with Crippen molar-refractivity contribution in [1.82, 2.24) is 9.97 Å². The van der Waals surface area contributed by atoms with Gasteiger partial charge in [0.15, 0.2) is 8.68 Å². The van der Waals surface area contributed by atoms with Crippen molar-refractivity contribution in [1.29, 1.82) is 0 Å². The zero-order valence-electron chi connectivity index (χ0n) is 20.1. The number of para-hydroxylation sites is 2. The molecule has 5 rings (SSSR count). The van der Waals surface area contributed by atoms with Crippen LogP contribution in [-0.2, 0) is 9.59 Å². The van der Waals surface area contributed by atoms with Gasteiger partial charge in [-0.1, -0.05) is 35.7 Å². The highest BCUT2D eigenvalue weighted by Crippen LogP contribution is 2.33. The van der Waals surface area contributed by atoms with E-state index in [0.717, 1.165) is 4.70 Å². The number of hydrogen-bond acceptors (Lipinski definition) is 12. The van der Waals surface area contributed by atoms with Gasteiger partial charge in [0.05, 0.1) is 41.8 Å². The van der Waals surface area contributed by atoms with Crippen LogP contribution in [0.15, 0.2) is 69.3 Å². The van der Waals surface area contributed by atoms with Crippen molar-refractivity contribution < 1.29 is 19.4 Å². The third kappa shape index (κ3) is 6.53. The van der Waals surface area contributed by atoms with Gasteiger partial charge in [0.25, 0.3) is 11.4 Å². The summed E-state index contributed by atoms with van der Waals surface area (Å²) in [5.41, 5.74) is 1.89. The Morgan fingerprint density at radius 3 is 2.02 bits per heavy atom. The molecule has 2 N–H and O–H groups in total. The molecule has 40 heavy (non-hydrogen) atoms. The number of rotatable bonds is 10. The van der Waals surface area contributed by atoms with Crippen molar-refractivity contribution in [2.45, 2.75) is 8.68 Å². The Morgan fingerprint density at radius 1 is 0.775 bits per heavy atom. The Balaban J connectivity index is 1.15. The van der Waals surface area contributed by atoms with E-state index in [-0.39, 0.29) is 34.5 Å². The van der Waals surface area contributed by atoms with Crippen molar-refractivity contribution in [2.24, 2.45) is 0 Å². The topological polar surface area (TPSA) is 170 Å². The molecule has 5 aromatic rings. The number of anilines is 2. The van der Waals surface area contributed by atoms with Crippen LogP contribution in [0.5, 0.6) is 0 Å². The van der Waals surface area contributed by atoms with Crippen LogP contribution in [0.1, 0.15) is 0 Å². The van der Waals surface area contributed by atoms with Crippen LogP contribution in [-0.4, -0.2) is 43.1 Å². The van der Waals surface area contributed by atoms with E-state index in [4.69, 9.17) is 0 Å². The molecule has 16 heteroatoms. The first-order valence-electron chi connectivity index (χ1n) is 11.3. The maximum atomic E-state index is 12.5. The smallest absolute Gasteiger partial charge is 0.292 e. The van der Waals surface area contributed by atoms with Gasteiger partial charge in [0.1, 0.15) is 5.69 Å². The Hall–Kier alpha value is -4.12. The minimum Gasteiger partial charge on any atom is -0.325 e. The first-order valence-corrected chi connectivity index (χ1v) is 14.9. The van der Waals surface area contributed by atoms with Crippen LogP contribution in [0.2, 0.25) is 0 Å². The van der Waals surface area contributed by atoms with Crippen molar-refractivity contribution >= 4 is 101 Å². The Bertz CT molecular complexity index is 1790. The number of hydrogen-bond donors (Lipinski definition) is 2. The number of carbonyl (C=O) groups excluding carboxylic acids is 2. The lowest BCUT2D eigenvalue weighted by Gasteiger charge is -2.04. The van der Waals surface area contributed by atoms with E-state index >= 15 is 0 Å². The van der Waals surface area contributed by atoms with Gasteiger partial charge in [0, 0.05) is 23.9 Å². The average Bonchev–Trinajstić information content (AvgIpc) is 3.53. The number of thiazole rings is 2. The molecule has 0 aliphatic carbocycles. The summed E-state index contributed by atoms with van der Waals surface area (Å²) in [6, 6.07) is 15.7. The largest absolute Gasteiger partial charge is 0.325 e. The van der Waals surface area contributed by atoms with Crippen molar-refractivity contribution in [3.8, 4) is 0 Å². The molecule has 0 fully saturated rings. The van der Waals surface area contributed by atoms with Gasteiger partial charge in [-0.3, -0.25) is 29.8 Å². The highest BCUT2D eigenvalue weighted by molar-refractivity contribution is 8.02. The van der Waals surface area contributed by atoms with E-state index in [1.165, 1.54) is 76.5 Å². The van der Waals surface area contributed by atoms with Gasteiger partial charge in [0.2, 0.25) is 11.8 Å². The molecule has 12 nitrogen and oxygen atoms in total. The van der Waals surface area contributed by atoms with Crippen LogP contribution in [0.25, 0.3) is 20.4 Å². The Labute approximate surface area is 241 Å². The highest BCUT2D eigenvalue weighted by Gasteiger charge is 2.16. The molecule has 2 amide bonds. The SMILES string of the molecule is O=C(CSc1nc2ccc([N+](=O)[O-])cc2s1)Nc1ccc2nc(SCC(=O)Nc3ccccc3[N+](=O)[O-])sc2c1. The normalized spacial score (nSPS) is 11.0. The predicted octanol–water partition coefficient (Wildman–Crippen LogP) is 6.18. The number of carbonyl (C=O) groups is 2. The number of non-ortho nitro benzene ring substituents is 1. The highest BCUT2D eigenvalue weighted by atomic mass is 32.2. The zero-order valence-corrected chi connectivity index (χ0v) is 23.3. The summed E-state index contributed by atoms with van der Waals surface area (Å²) in [5, 5.41) is 27.5. The second kappa shape index (κ2) is 12.0. The minimum absolute atomic E-state index is 0.00723. The van der Waals surface area contributed by atoms with E-state index in [1.807, 2.05) is 0 Å². The second-order valence-electron chi connectivity index (χ2n) is 8.00.